The average Bonchev–Trinajstić information content (AvgIpc) is 2.29. The Balaban J connectivity index is 2.00. The lowest BCUT2D eigenvalue weighted by Crippen LogP contribution is -2.31. The summed E-state index contributed by atoms with van der Waals surface area (Å²) in [5.74, 6) is 1.03. The summed E-state index contributed by atoms with van der Waals surface area (Å²) in [5.41, 5.74) is 0. The Labute approximate surface area is 96.0 Å². The molecule has 2 unspecified atom stereocenters. The fourth-order valence-electron chi connectivity index (χ4n) is 2.85. The third-order valence-electron chi connectivity index (χ3n) is 3.91. The predicted octanol–water partition coefficient (Wildman–Crippen LogP) is 4.13. The van der Waals surface area contributed by atoms with E-state index in [0.29, 0.717) is 0 Å². The van der Waals surface area contributed by atoms with Crippen molar-refractivity contribution in [3.63, 3.8) is 0 Å². The first-order valence-corrected chi connectivity index (χ1v) is 7.04. The SMILES string of the molecule is CCCCCCCC1CCCC(NC)C1. The molecule has 1 rings (SSSR count). The fourth-order valence-corrected chi connectivity index (χ4v) is 2.85. The zero-order valence-electron chi connectivity index (χ0n) is 10.7. The highest BCUT2D eigenvalue weighted by Crippen LogP contribution is 2.28. The average molecular weight is 211 g/mol. The number of hydrogen-bond donors (Lipinski definition) is 1. The quantitative estimate of drug-likeness (QED) is 0.624. The first-order chi connectivity index (χ1) is 7.36. The van der Waals surface area contributed by atoms with Crippen LogP contribution in [0.25, 0.3) is 0 Å². The summed E-state index contributed by atoms with van der Waals surface area (Å²) in [6.45, 7) is 2.29. The van der Waals surface area contributed by atoms with Crippen LogP contribution in [0.15, 0.2) is 0 Å². The van der Waals surface area contributed by atoms with Gasteiger partial charge in [-0.1, -0.05) is 58.3 Å². The number of rotatable bonds is 7. The minimum Gasteiger partial charge on any atom is -0.317 e. The van der Waals surface area contributed by atoms with Crippen LogP contribution in [0.1, 0.15) is 71.1 Å². The van der Waals surface area contributed by atoms with E-state index in [1.54, 1.807) is 0 Å². The summed E-state index contributed by atoms with van der Waals surface area (Å²) in [4.78, 5) is 0. The van der Waals surface area contributed by atoms with Crippen LogP contribution in [0.3, 0.4) is 0 Å². The van der Waals surface area contributed by atoms with Crippen molar-refractivity contribution in [3.05, 3.63) is 0 Å². The van der Waals surface area contributed by atoms with Gasteiger partial charge in [0.2, 0.25) is 0 Å². The minimum absolute atomic E-state index is 0.819. The fraction of sp³-hybridized carbons (Fsp3) is 1.00. The molecule has 0 spiro atoms. The lowest BCUT2D eigenvalue weighted by atomic mass is 9.82. The van der Waals surface area contributed by atoms with Crippen LogP contribution in [-0.2, 0) is 0 Å². The van der Waals surface area contributed by atoms with E-state index < -0.39 is 0 Å². The first-order valence-electron chi connectivity index (χ1n) is 7.04. The highest BCUT2D eigenvalue weighted by molar-refractivity contribution is 4.76. The van der Waals surface area contributed by atoms with Gasteiger partial charge in [-0.2, -0.15) is 0 Å². The monoisotopic (exact) mass is 211 g/mol. The Kier molecular flexibility index (Phi) is 7.08. The molecule has 1 aliphatic carbocycles. The molecular formula is C14H29N. The van der Waals surface area contributed by atoms with Crippen molar-refractivity contribution in [2.75, 3.05) is 7.05 Å². The molecule has 0 aromatic heterocycles. The van der Waals surface area contributed by atoms with Gasteiger partial charge < -0.3 is 5.32 Å². The lowest BCUT2D eigenvalue weighted by Gasteiger charge is -2.28. The Morgan fingerprint density at radius 2 is 1.87 bits per heavy atom. The topological polar surface area (TPSA) is 12.0 Å². The Hall–Kier alpha value is -0.0400. The van der Waals surface area contributed by atoms with Gasteiger partial charge in [0, 0.05) is 6.04 Å². The van der Waals surface area contributed by atoms with Crippen molar-refractivity contribution in [3.8, 4) is 0 Å². The van der Waals surface area contributed by atoms with E-state index in [9.17, 15) is 0 Å². The normalized spacial score (nSPS) is 26.8. The van der Waals surface area contributed by atoms with Crippen LogP contribution in [0, 0.1) is 5.92 Å². The van der Waals surface area contributed by atoms with E-state index >= 15 is 0 Å². The lowest BCUT2D eigenvalue weighted by molar-refractivity contribution is 0.276. The van der Waals surface area contributed by atoms with E-state index in [2.05, 4.69) is 19.3 Å². The molecule has 1 nitrogen and oxygen atoms in total. The molecule has 1 aliphatic rings. The molecule has 0 aromatic carbocycles. The van der Waals surface area contributed by atoms with Gasteiger partial charge in [0.15, 0.2) is 0 Å². The number of nitrogens with one attached hydrogen (secondary N) is 1. The summed E-state index contributed by atoms with van der Waals surface area (Å²) < 4.78 is 0. The molecule has 2 atom stereocenters. The van der Waals surface area contributed by atoms with Gasteiger partial charge in [0.1, 0.15) is 0 Å². The second-order valence-corrected chi connectivity index (χ2v) is 5.22. The molecule has 1 saturated carbocycles. The third kappa shape index (κ3) is 5.55. The van der Waals surface area contributed by atoms with E-state index in [4.69, 9.17) is 0 Å². The first kappa shape index (κ1) is 13.0. The summed E-state index contributed by atoms with van der Waals surface area (Å²) in [5, 5.41) is 3.44. The minimum atomic E-state index is 0.819. The molecular weight excluding hydrogens is 182 g/mol. The summed E-state index contributed by atoms with van der Waals surface area (Å²) >= 11 is 0. The van der Waals surface area contributed by atoms with Crippen LogP contribution in [-0.4, -0.2) is 13.1 Å². The van der Waals surface area contributed by atoms with Gasteiger partial charge in [0.25, 0.3) is 0 Å². The maximum absolute atomic E-state index is 3.44. The van der Waals surface area contributed by atoms with E-state index in [0.717, 1.165) is 12.0 Å². The van der Waals surface area contributed by atoms with Crippen LogP contribution < -0.4 is 5.32 Å². The van der Waals surface area contributed by atoms with Crippen molar-refractivity contribution in [1.29, 1.82) is 0 Å². The Morgan fingerprint density at radius 3 is 2.60 bits per heavy atom. The van der Waals surface area contributed by atoms with Gasteiger partial charge in [0.05, 0.1) is 0 Å². The molecule has 1 N–H and O–H groups in total. The van der Waals surface area contributed by atoms with Gasteiger partial charge in [-0.3, -0.25) is 0 Å². The van der Waals surface area contributed by atoms with Crippen molar-refractivity contribution in [1.82, 2.24) is 5.32 Å². The van der Waals surface area contributed by atoms with Crippen LogP contribution >= 0.6 is 0 Å². The highest BCUT2D eigenvalue weighted by atomic mass is 14.9. The van der Waals surface area contributed by atoms with Crippen molar-refractivity contribution >= 4 is 0 Å². The van der Waals surface area contributed by atoms with Crippen LogP contribution in [0.4, 0.5) is 0 Å². The van der Waals surface area contributed by atoms with Gasteiger partial charge in [-0.15, -0.1) is 0 Å². The molecule has 90 valence electrons. The predicted molar refractivity (Wildman–Crippen MR) is 68.2 cm³/mol. The molecule has 0 heterocycles. The summed E-state index contributed by atoms with van der Waals surface area (Å²) in [7, 11) is 2.12. The van der Waals surface area contributed by atoms with Crippen molar-refractivity contribution in [2.45, 2.75) is 77.2 Å². The van der Waals surface area contributed by atoms with Crippen molar-refractivity contribution in [2.24, 2.45) is 5.92 Å². The van der Waals surface area contributed by atoms with Gasteiger partial charge in [-0.25, -0.2) is 0 Å². The highest BCUT2D eigenvalue weighted by Gasteiger charge is 2.19. The summed E-state index contributed by atoms with van der Waals surface area (Å²) in [6.07, 6.45) is 14.5. The maximum Gasteiger partial charge on any atom is 0.00667 e. The number of hydrogen-bond acceptors (Lipinski definition) is 1. The van der Waals surface area contributed by atoms with E-state index in [1.807, 2.05) is 0 Å². The molecule has 15 heavy (non-hydrogen) atoms. The molecule has 0 amide bonds. The molecule has 0 aromatic rings. The molecule has 1 fully saturated rings. The molecule has 0 radical (unpaired) electrons. The van der Waals surface area contributed by atoms with E-state index in [1.165, 1.54) is 64.2 Å². The van der Waals surface area contributed by atoms with Gasteiger partial charge >= 0.3 is 0 Å². The third-order valence-corrected chi connectivity index (χ3v) is 3.91. The number of unbranched alkanes of at least 4 members (excludes halogenated alkanes) is 4. The Bertz CT molecular complexity index is 144. The molecule has 0 bridgehead atoms. The Morgan fingerprint density at radius 1 is 1.07 bits per heavy atom. The largest absolute Gasteiger partial charge is 0.317 e. The second-order valence-electron chi connectivity index (χ2n) is 5.22. The van der Waals surface area contributed by atoms with E-state index in [-0.39, 0.29) is 0 Å². The maximum atomic E-state index is 3.44. The zero-order valence-corrected chi connectivity index (χ0v) is 10.7. The molecule has 0 aliphatic heterocycles. The second kappa shape index (κ2) is 8.15. The smallest absolute Gasteiger partial charge is 0.00667 e. The standard InChI is InChI=1S/C14H29N/c1-3-4-5-6-7-9-13-10-8-11-14(12-13)15-2/h13-15H,3-12H2,1-2H3. The van der Waals surface area contributed by atoms with Crippen LogP contribution in [0.5, 0.6) is 0 Å². The zero-order chi connectivity index (χ0) is 10.9. The summed E-state index contributed by atoms with van der Waals surface area (Å²) in [6, 6.07) is 0.819. The van der Waals surface area contributed by atoms with Crippen LogP contribution in [0.2, 0.25) is 0 Å². The van der Waals surface area contributed by atoms with Crippen molar-refractivity contribution < 1.29 is 0 Å². The van der Waals surface area contributed by atoms with Gasteiger partial charge in [-0.05, 0) is 25.8 Å². The molecule has 1 heteroatoms. The molecule has 0 saturated heterocycles.